The Morgan fingerprint density at radius 3 is 3.10 bits per heavy atom. The third kappa shape index (κ3) is 4.57. The molecule has 2 aromatic heterocycles. The summed E-state index contributed by atoms with van der Waals surface area (Å²) < 4.78 is 7.22. The minimum absolute atomic E-state index is 0.126. The van der Waals surface area contributed by atoms with Gasteiger partial charge >= 0.3 is 0 Å². The third-order valence-corrected chi connectivity index (χ3v) is 7.13. The van der Waals surface area contributed by atoms with Crippen LogP contribution < -0.4 is 10.1 Å². The molecule has 0 saturated heterocycles. The van der Waals surface area contributed by atoms with E-state index in [0.717, 1.165) is 24.8 Å². The van der Waals surface area contributed by atoms with Crippen molar-refractivity contribution >= 4 is 34.0 Å². The monoisotopic (exact) mass is 454 g/mol. The smallest absolute Gasteiger partial charge is 0.235 e. The molecule has 10 heteroatoms. The predicted octanol–water partition coefficient (Wildman–Crippen LogP) is 3.85. The van der Waals surface area contributed by atoms with Crippen LogP contribution in [0.15, 0.2) is 29.4 Å². The van der Waals surface area contributed by atoms with Crippen molar-refractivity contribution in [3.8, 4) is 17.5 Å². The van der Waals surface area contributed by atoms with E-state index in [1.807, 2.05) is 31.2 Å². The Morgan fingerprint density at radius 1 is 1.45 bits per heavy atom. The summed E-state index contributed by atoms with van der Waals surface area (Å²) in [6, 6.07) is 9.76. The minimum Gasteiger partial charge on any atom is -0.492 e. The first-order valence-corrected chi connectivity index (χ1v) is 11.9. The first-order chi connectivity index (χ1) is 15.1. The number of amides is 1. The van der Waals surface area contributed by atoms with Crippen molar-refractivity contribution in [3.63, 3.8) is 0 Å². The zero-order valence-electron chi connectivity index (χ0n) is 17.3. The summed E-state index contributed by atoms with van der Waals surface area (Å²) in [5, 5.41) is 25.5. The second kappa shape index (κ2) is 9.49. The number of thiophene rings is 1. The van der Waals surface area contributed by atoms with E-state index in [1.54, 1.807) is 4.68 Å². The van der Waals surface area contributed by atoms with Crippen molar-refractivity contribution in [2.24, 2.45) is 5.92 Å². The summed E-state index contributed by atoms with van der Waals surface area (Å²) >= 11 is 2.76. The average molecular weight is 455 g/mol. The van der Waals surface area contributed by atoms with Crippen LogP contribution in [-0.2, 0) is 17.6 Å². The van der Waals surface area contributed by atoms with Crippen LogP contribution in [0.5, 0.6) is 5.75 Å². The molecule has 1 N–H and O–H groups in total. The van der Waals surface area contributed by atoms with Crippen molar-refractivity contribution in [1.29, 1.82) is 5.26 Å². The summed E-state index contributed by atoms with van der Waals surface area (Å²) in [6.07, 6.45) is 2.94. The second-order valence-corrected chi connectivity index (χ2v) is 9.33. The molecule has 1 aliphatic carbocycles. The van der Waals surface area contributed by atoms with Crippen molar-refractivity contribution < 1.29 is 9.53 Å². The van der Waals surface area contributed by atoms with Crippen LogP contribution in [0.2, 0.25) is 0 Å². The van der Waals surface area contributed by atoms with Gasteiger partial charge in [-0.15, -0.1) is 16.4 Å². The number of para-hydroxylation sites is 2. The van der Waals surface area contributed by atoms with Gasteiger partial charge in [0.1, 0.15) is 22.5 Å². The van der Waals surface area contributed by atoms with Crippen LogP contribution in [0, 0.1) is 17.2 Å². The molecule has 2 heterocycles. The van der Waals surface area contributed by atoms with E-state index in [2.05, 4.69) is 33.8 Å². The first kappa shape index (κ1) is 21.3. The molecule has 0 saturated carbocycles. The van der Waals surface area contributed by atoms with Crippen LogP contribution in [0.25, 0.3) is 5.69 Å². The van der Waals surface area contributed by atoms with E-state index >= 15 is 0 Å². The maximum absolute atomic E-state index is 12.6. The Bertz CT molecular complexity index is 1130. The first-order valence-electron chi connectivity index (χ1n) is 10.1. The lowest BCUT2D eigenvalue weighted by Gasteiger charge is -2.17. The molecule has 1 unspecified atom stereocenters. The fourth-order valence-electron chi connectivity index (χ4n) is 3.58. The summed E-state index contributed by atoms with van der Waals surface area (Å²) in [5.41, 5.74) is 2.43. The number of ether oxygens (including phenoxy) is 1. The fraction of sp³-hybridized carbons (Fsp3) is 0.381. The van der Waals surface area contributed by atoms with Gasteiger partial charge in [0.2, 0.25) is 11.1 Å². The molecule has 0 bridgehead atoms. The highest BCUT2D eigenvalue weighted by atomic mass is 32.2. The van der Waals surface area contributed by atoms with E-state index in [4.69, 9.17) is 4.74 Å². The predicted molar refractivity (Wildman–Crippen MR) is 120 cm³/mol. The van der Waals surface area contributed by atoms with Crippen molar-refractivity contribution in [1.82, 2.24) is 20.2 Å². The largest absolute Gasteiger partial charge is 0.492 e. The maximum atomic E-state index is 12.6. The van der Waals surface area contributed by atoms with Gasteiger partial charge in [0, 0.05) is 4.88 Å². The Balaban J connectivity index is 1.46. The number of nitrogens with zero attached hydrogens (tertiary/aromatic N) is 5. The van der Waals surface area contributed by atoms with Gasteiger partial charge in [-0.2, -0.15) is 9.94 Å². The number of nitrogens with one attached hydrogen (secondary N) is 1. The highest BCUT2D eigenvalue weighted by Crippen LogP contribution is 2.39. The Labute approximate surface area is 188 Å². The number of fused-ring (bicyclic) bond motifs is 1. The molecule has 1 aromatic carbocycles. The van der Waals surface area contributed by atoms with Gasteiger partial charge in [-0.1, -0.05) is 30.8 Å². The zero-order chi connectivity index (χ0) is 21.8. The van der Waals surface area contributed by atoms with Crippen LogP contribution >= 0.6 is 23.1 Å². The number of thioether (sulfide) groups is 1. The number of aromatic nitrogens is 4. The van der Waals surface area contributed by atoms with Gasteiger partial charge < -0.3 is 10.1 Å². The van der Waals surface area contributed by atoms with E-state index in [1.165, 1.54) is 28.0 Å². The van der Waals surface area contributed by atoms with Crippen molar-refractivity contribution in [3.05, 3.63) is 40.3 Å². The molecule has 160 valence electrons. The lowest BCUT2D eigenvalue weighted by Crippen LogP contribution is -2.15. The molecule has 1 atom stereocenters. The highest BCUT2D eigenvalue weighted by molar-refractivity contribution is 7.99. The second-order valence-electron chi connectivity index (χ2n) is 7.28. The SMILES string of the molecule is CCOc1ccccc1-n1nnnc1SCC(=O)Nc1sc2c(c1C#N)CCC(C)C2. The normalized spacial score (nSPS) is 15.2. The fourth-order valence-corrected chi connectivity index (χ4v) is 5.64. The number of nitriles is 1. The third-order valence-electron chi connectivity index (χ3n) is 5.04. The number of tetrazole rings is 1. The van der Waals surface area contributed by atoms with Crippen molar-refractivity contribution in [2.45, 2.75) is 38.3 Å². The molecule has 3 aromatic rings. The van der Waals surface area contributed by atoms with Gasteiger partial charge in [-0.3, -0.25) is 4.79 Å². The molecular formula is C21H22N6O2S2. The maximum Gasteiger partial charge on any atom is 0.235 e. The lowest BCUT2D eigenvalue weighted by molar-refractivity contribution is -0.113. The van der Waals surface area contributed by atoms with E-state index < -0.39 is 0 Å². The van der Waals surface area contributed by atoms with Gasteiger partial charge in [0.05, 0.1) is 17.9 Å². The molecule has 8 nitrogen and oxygen atoms in total. The summed E-state index contributed by atoms with van der Waals surface area (Å²) in [7, 11) is 0. The van der Waals surface area contributed by atoms with Gasteiger partial charge in [-0.05, 0) is 60.2 Å². The number of anilines is 1. The summed E-state index contributed by atoms with van der Waals surface area (Å²) in [6.45, 7) is 4.65. The molecule has 0 fully saturated rings. The number of carbonyl (C=O) groups is 1. The number of hydrogen-bond donors (Lipinski definition) is 1. The molecule has 31 heavy (non-hydrogen) atoms. The van der Waals surface area contributed by atoms with E-state index in [-0.39, 0.29) is 11.7 Å². The van der Waals surface area contributed by atoms with E-state index in [9.17, 15) is 10.1 Å². The minimum atomic E-state index is -0.194. The lowest BCUT2D eigenvalue weighted by atomic mass is 9.89. The number of rotatable bonds is 7. The molecule has 0 spiro atoms. The molecule has 1 aliphatic rings. The average Bonchev–Trinajstić information content (AvgIpc) is 3.36. The van der Waals surface area contributed by atoms with Gasteiger partial charge in [-0.25, -0.2) is 0 Å². The number of benzene rings is 1. The standard InChI is InChI=1S/C21H22N6O2S2/c1-3-29-17-7-5-4-6-16(17)27-21(24-25-26-27)30-12-19(28)23-20-15(11-22)14-9-8-13(2)10-18(14)31-20/h4-7,13H,3,8-10,12H2,1-2H3,(H,23,28). The van der Waals surface area contributed by atoms with E-state index in [0.29, 0.717) is 39.7 Å². The number of hydrogen-bond acceptors (Lipinski definition) is 8. The Hall–Kier alpha value is -2.90. The van der Waals surface area contributed by atoms with Crippen molar-refractivity contribution in [2.75, 3.05) is 17.7 Å². The van der Waals surface area contributed by atoms with Crippen LogP contribution in [0.4, 0.5) is 5.00 Å². The number of carbonyl (C=O) groups excluding carboxylic acids is 1. The molecule has 4 rings (SSSR count). The molecule has 0 radical (unpaired) electrons. The van der Waals surface area contributed by atoms with Crippen LogP contribution in [0.1, 0.15) is 36.3 Å². The quantitative estimate of drug-likeness (QED) is 0.541. The Morgan fingerprint density at radius 2 is 2.29 bits per heavy atom. The highest BCUT2D eigenvalue weighted by Gasteiger charge is 2.25. The van der Waals surface area contributed by atoms with Gasteiger partial charge in [0.25, 0.3) is 0 Å². The summed E-state index contributed by atoms with van der Waals surface area (Å²) in [4.78, 5) is 13.9. The topological polar surface area (TPSA) is 106 Å². The zero-order valence-corrected chi connectivity index (χ0v) is 18.9. The van der Waals surface area contributed by atoms with Gasteiger partial charge in [0.15, 0.2) is 0 Å². The molecular weight excluding hydrogens is 432 g/mol. The Kier molecular flexibility index (Phi) is 6.53. The van der Waals surface area contributed by atoms with Crippen LogP contribution in [-0.4, -0.2) is 38.5 Å². The van der Waals surface area contributed by atoms with Crippen LogP contribution in [0.3, 0.4) is 0 Å². The molecule has 0 aliphatic heterocycles. The summed E-state index contributed by atoms with van der Waals surface area (Å²) in [5.74, 6) is 1.21. The molecule has 1 amide bonds.